The van der Waals surface area contributed by atoms with E-state index in [9.17, 15) is 13.2 Å². The van der Waals surface area contributed by atoms with E-state index in [0.29, 0.717) is 5.56 Å². The standard InChI is InChI=1S/C10H10ClF3N4O/c1-6-7(11)17-9-15-5-16-18(9)8(6)19-4-2-3-10(12,13)14/h5H,2-4H2,1H3. The summed E-state index contributed by atoms with van der Waals surface area (Å²) in [4.78, 5) is 7.80. The molecule has 9 heteroatoms. The molecule has 0 unspecified atom stereocenters. The third-order valence-corrected chi connectivity index (χ3v) is 2.76. The Kier molecular flexibility index (Phi) is 3.79. The summed E-state index contributed by atoms with van der Waals surface area (Å²) >= 11 is 5.88. The fraction of sp³-hybridized carbons (Fsp3) is 0.500. The molecule has 5 nitrogen and oxygen atoms in total. The van der Waals surface area contributed by atoms with Crippen LogP contribution < -0.4 is 4.74 Å². The van der Waals surface area contributed by atoms with Gasteiger partial charge in [-0.05, 0) is 13.3 Å². The largest absolute Gasteiger partial charge is 0.477 e. The maximum atomic E-state index is 12.0. The molecule has 0 aliphatic heterocycles. The van der Waals surface area contributed by atoms with Crippen molar-refractivity contribution in [1.29, 1.82) is 0 Å². The Hall–Kier alpha value is -1.57. The Labute approximate surface area is 111 Å². The lowest BCUT2D eigenvalue weighted by Crippen LogP contribution is -2.11. The number of aromatic nitrogens is 4. The molecule has 0 saturated carbocycles. The van der Waals surface area contributed by atoms with Gasteiger partial charge in [-0.2, -0.15) is 32.8 Å². The third-order valence-electron chi connectivity index (χ3n) is 2.39. The average Bonchev–Trinajstić information content (AvgIpc) is 2.74. The maximum Gasteiger partial charge on any atom is 0.389 e. The van der Waals surface area contributed by atoms with Gasteiger partial charge in [0.2, 0.25) is 5.88 Å². The molecule has 19 heavy (non-hydrogen) atoms. The monoisotopic (exact) mass is 294 g/mol. The van der Waals surface area contributed by atoms with Gasteiger partial charge in [-0.15, -0.1) is 0 Å². The fourth-order valence-corrected chi connectivity index (χ4v) is 1.64. The summed E-state index contributed by atoms with van der Waals surface area (Å²) in [6.07, 6.45) is -3.96. The van der Waals surface area contributed by atoms with E-state index in [2.05, 4.69) is 15.1 Å². The molecule has 0 aromatic carbocycles. The average molecular weight is 295 g/mol. The molecule has 0 saturated heterocycles. The Morgan fingerprint density at radius 3 is 2.84 bits per heavy atom. The van der Waals surface area contributed by atoms with E-state index in [1.165, 1.54) is 10.8 Å². The molecule has 0 amide bonds. The molecule has 2 aromatic rings. The topological polar surface area (TPSA) is 52.3 Å². The van der Waals surface area contributed by atoms with E-state index in [1.54, 1.807) is 6.92 Å². The summed E-state index contributed by atoms with van der Waals surface area (Å²) < 4.78 is 42.7. The van der Waals surface area contributed by atoms with Crippen LogP contribution in [0.3, 0.4) is 0 Å². The Balaban J connectivity index is 2.11. The van der Waals surface area contributed by atoms with Gasteiger partial charge in [0, 0.05) is 12.0 Å². The lowest BCUT2D eigenvalue weighted by molar-refractivity contribution is -0.136. The van der Waals surface area contributed by atoms with E-state index < -0.39 is 12.6 Å². The van der Waals surface area contributed by atoms with Crippen LogP contribution in [0.15, 0.2) is 6.33 Å². The Morgan fingerprint density at radius 2 is 2.16 bits per heavy atom. The minimum absolute atomic E-state index is 0.0876. The molecule has 0 N–H and O–H groups in total. The molecular formula is C10H10ClF3N4O. The van der Waals surface area contributed by atoms with Gasteiger partial charge in [0.15, 0.2) is 0 Å². The summed E-state index contributed by atoms with van der Waals surface area (Å²) in [6.45, 7) is 1.56. The molecular weight excluding hydrogens is 285 g/mol. The van der Waals surface area contributed by atoms with E-state index in [-0.39, 0.29) is 29.8 Å². The number of hydrogen-bond acceptors (Lipinski definition) is 4. The summed E-state index contributed by atoms with van der Waals surface area (Å²) in [5, 5.41) is 4.07. The van der Waals surface area contributed by atoms with Crippen molar-refractivity contribution < 1.29 is 17.9 Å². The first-order valence-corrected chi connectivity index (χ1v) is 5.81. The maximum absolute atomic E-state index is 12.0. The number of nitrogens with zero attached hydrogens (tertiary/aromatic N) is 4. The van der Waals surface area contributed by atoms with Gasteiger partial charge >= 0.3 is 6.18 Å². The van der Waals surface area contributed by atoms with Crippen LogP contribution >= 0.6 is 11.6 Å². The van der Waals surface area contributed by atoms with Gasteiger partial charge in [0.25, 0.3) is 5.78 Å². The minimum atomic E-state index is -4.18. The molecule has 0 radical (unpaired) electrons. The lowest BCUT2D eigenvalue weighted by atomic mass is 10.3. The predicted octanol–water partition coefficient (Wildman–Crippen LogP) is 2.81. The number of fused-ring (bicyclic) bond motifs is 1. The van der Waals surface area contributed by atoms with Crippen LogP contribution in [0, 0.1) is 6.92 Å². The van der Waals surface area contributed by atoms with Crippen LogP contribution in [-0.4, -0.2) is 32.4 Å². The van der Waals surface area contributed by atoms with Gasteiger partial charge in [-0.3, -0.25) is 0 Å². The second-order valence-corrected chi connectivity index (χ2v) is 4.23. The van der Waals surface area contributed by atoms with Crippen LogP contribution in [0.1, 0.15) is 18.4 Å². The van der Waals surface area contributed by atoms with E-state index in [1.807, 2.05) is 0 Å². The van der Waals surface area contributed by atoms with E-state index in [4.69, 9.17) is 16.3 Å². The van der Waals surface area contributed by atoms with Crippen LogP contribution in [0.25, 0.3) is 5.78 Å². The first kappa shape index (κ1) is 13.9. The quantitative estimate of drug-likeness (QED) is 0.643. The minimum Gasteiger partial charge on any atom is -0.477 e. The molecule has 0 spiro atoms. The van der Waals surface area contributed by atoms with Crippen molar-refractivity contribution in [1.82, 2.24) is 19.6 Å². The number of hydrogen-bond donors (Lipinski definition) is 0. The molecule has 0 aliphatic carbocycles. The Morgan fingerprint density at radius 1 is 1.42 bits per heavy atom. The van der Waals surface area contributed by atoms with Crippen LogP contribution in [-0.2, 0) is 0 Å². The Bertz CT molecular complexity index is 584. The molecule has 0 atom stereocenters. The van der Waals surface area contributed by atoms with Crippen molar-refractivity contribution in [2.75, 3.05) is 6.61 Å². The third kappa shape index (κ3) is 3.25. The van der Waals surface area contributed by atoms with Gasteiger partial charge in [-0.25, -0.2) is 0 Å². The van der Waals surface area contributed by atoms with Crippen molar-refractivity contribution in [2.24, 2.45) is 0 Å². The van der Waals surface area contributed by atoms with Gasteiger partial charge in [-0.1, -0.05) is 11.6 Å². The molecule has 2 rings (SSSR count). The zero-order valence-electron chi connectivity index (χ0n) is 9.91. The first-order chi connectivity index (χ1) is 8.88. The fourth-order valence-electron chi connectivity index (χ4n) is 1.48. The zero-order valence-corrected chi connectivity index (χ0v) is 10.7. The molecule has 0 bridgehead atoms. The van der Waals surface area contributed by atoms with Crippen LogP contribution in [0.4, 0.5) is 13.2 Å². The zero-order chi connectivity index (χ0) is 14.0. The van der Waals surface area contributed by atoms with Crippen molar-refractivity contribution in [3.8, 4) is 5.88 Å². The van der Waals surface area contributed by atoms with Gasteiger partial charge < -0.3 is 4.74 Å². The highest BCUT2D eigenvalue weighted by molar-refractivity contribution is 6.30. The van der Waals surface area contributed by atoms with Crippen molar-refractivity contribution >= 4 is 17.4 Å². The number of ether oxygens (including phenoxy) is 1. The van der Waals surface area contributed by atoms with Gasteiger partial charge in [0.1, 0.15) is 11.5 Å². The highest BCUT2D eigenvalue weighted by Gasteiger charge is 2.26. The SMILES string of the molecule is Cc1c(Cl)nc2ncnn2c1OCCCC(F)(F)F. The second-order valence-electron chi connectivity index (χ2n) is 3.87. The number of rotatable bonds is 4. The first-order valence-electron chi connectivity index (χ1n) is 5.44. The summed E-state index contributed by atoms with van der Waals surface area (Å²) in [6, 6.07) is 0. The predicted molar refractivity (Wildman–Crippen MR) is 61.3 cm³/mol. The van der Waals surface area contributed by atoms with Gasteiger partial charge in [0.05, 0.1) is 6.61 Å². The van der Waals surface area contributed by atoms with E-state index >= 15 is 0 Å². The smallest absolute Gasteiger partial charge is 0.389 e. The van der Waals surface area contributed by atoms with Crippen LogP contribution in [0.5, 0.6) is 5.88 Å². The molecule has 0 aliphatic rings. The summed E-state index contributed by atoms with van der Waals surface area (Å²) in [7, 11) is 0. The van der Waals surface area contributed by atoms with Crippen LogP contribution in [0.2, 0.25) is 5.15 Å². The molecule has 2 aromatic heterocycles. The van der Waals surface area contributed by atoms with Crippen molar-refractivity contribution in [2.45, 2.75) is 25.9 Å². The number of alkyl halides is 3. The molecule has 0 fully saturated rings. The summed E-state index contributed by atoms with van der Waals surface area (Å²) in [5.41, 5.74) is 0.506. The highest BCUT2D eigenvalue weighted by Crippen LogP contribution is 2.25. The second kappa shape index (κ2) is 5.20. The highest BCUT2D eigenvalue weighted by atomic mass is 35.5. The normalized spacial score (nSPS) is 12.1. The van der Waals surface area contributed by atoms with Crippen molar-refractivity contribution in [3.05, 3.63) is 17.0 Å². The lowest BCUT2D eigenvalue weighted by Gasteiger charge is -2.11. The van der Waals surface area contributed by atoms with Crippen molar-refractivity contribution in [3.63, 3.8) is 0 Å². The summed E-state index contributed by atoms with van der Waals surface area (Å²) in [5.74, 6) is 0.496. The molecule has 104 valence electrons. The van der Waals surface area contributed by atoms with E-state index in [0.717, 1.165) is 0 Å². The number of halogens is 4. The molecule has 2 heterocycles.